The molecule has 0 spiro atoms. The van der Waals surface area contributed by atoms with E-state index in [-0.39, 0.29) is 29.0 Å². The van der Waals surface area contributed by atoms with E-state index in [1.807, 2.05) is 6.07 Å². The second-order valence-electron chi connectivity index (χ2n) is 4.22. The number of hydrogen-bond donors (Lipinski definition) is 2. The number of nitrogens with zero attached hydrogens (tertiary/aromatic N) is 2. The van der Waals surface area contributed by atoms with Crippen molar-refractivity contribution in [2.24, 2.45) is 0 Å². The number of aromatic amines is 1. The summed E-state index contributed by atoms with van der Waals surface area (Å²) in [6, 6.07) is 6.57. The minimum Gasteiger partial charge on any atom is -0.495 e. The van der Waals surface area contributed by atoms with E-state index in [1.54, 1.807) is 19.1 Å². The molecule has 7 heteroatoms. The molecule has 1 aromatic heterocycles. The first kappa shape index (κ1) is 14.4. The number of nitriles is 1. The Hall–Kier alpha value is -3.01. The zero-order valence-corrected chi connectivity index (χ0v) is 11.5. The molecule has 1 heterocycles. The van der Waals surface area contributed by atoms with Gasteiger partial charge in [0.25, 0.3) is 5.56 Å². The van der Waals surface area contributed by atoms with Crippen molar-refractivity contribution in [3.8, 4) is 23.4 Å². The number of nitrogens with one attached hydrogen (secondary N) is 1. The molecule has 0 bridgehead atoms. The Bertz CT molecular complexity index is 843. The molecule has 0 amide bonds. The molecule has 0 unspecified atom stereocenters. The Balaban J connectivity index is 2.96. The van der Waals surface area contributed by atoms with Crippen LogP contribution in [0.3, 0.4) is 0 Å². The van der Waals surface area contributed by atoms with Gasteiger partial charge in [-0.15, -0.1) is 0 Å². The third-order valence-corrected chi connectivity index (χ3v) is 3.10. The van der Waals surface area contributed by atoms with E-state index in [9.17, 15) is 20.0 Å². The van der Waals surface area contributed by atoms with Crippen LogP contribution in [0.15, 0.2) is 27.8 Å². The van der Waals surface area contributed by atoms with Crippen LogP contribution in [0.4, 0.5) is 0 Å². The van der Waals surface area contributed by atoms with Gasteiger partial charge in [-0.3, -0.25) is 9.78 Å². The standard InChI is InChI=1S/C14H13N3O4/c1-3-9-12(18)16-14(20)17(13(9)19)11-8(7-15)5-4-6-10(11)21-2/h4-6,19H,3H2,1-2H3,(H,16,18,20). The molecule has 21 heavy (non-hydrogen) atoms. The normalized spacial score (nSPS) is 10.1. The molecule has 0 aliphatic rings. The van der Waals surface area contributed by atoms with Crippen molar-refractivity contribution in [1.29, 1.82) is 5.26 Å². The predicted octanol–water partition coefficient (Wildman–Crippen LogP) is 0.674. The molecule has 0 aliphatic carbocycles. The highest BCUT2D eigenvalue weighted by molar-refractivity contribution is 5.59. The number of aromatic hydroxyl groups is 1. The highest BCUT2D eigenvalue weighted by atomic mass is 16.5. The SMILES string of the molecule is CCc1c(O)n(-c2c(C#N)cccc2OC)c(=O)[nH]c1=O. The minimum atomic E-state index is -0.837. The van der Waals surface area contributed by atoms with Crippen molar-refractivity contribution >= 4 is 0 Å². The van der Waals surface area contributed by atoms with Crippen LogP contribution in [-0.4, -0.2) is 21.8 Å². The lowest BCUT2D eigenvalue weighted by Gasteiger charge is -2.14. The third kappa shape index (κ3) is 2.27. The highest BCUT2D eigenvalue weighted by Gasteiger charge is 2.19. The summed E-state index contributed by atoms with van der Waals surface area (Å²) < 4.78 is 6.01. The van der Waals surface area contributed by atoms with E-state index in [0.29, 0.717) is 0 Å². The fourth-order valence-corrected chi connectivity index (χ4v) is 2.10. The van der Waals surface area contributed by atoms with Gasteiger partial charge in [0.05, 0.1) is 18.2 Å². The fraction of sp³-hybridized carbons (Fsp3) is 0.214. The summed E-state index contributed by atoms with van der Waals surface area (Å²) in [4.78, 5) is 25.8. The van der Waals surface area contributed by atoms with E-state index in [4.69, 9.17) is 4.74 Å². The maximum absolute atomic E-state index is 12.0. The Morgan fingerprint density at radius 1 is 1.43 bits per heavy atom. The summed E-state index contributed by atoms with van der Waals surface area (Å²) in [5.41, 5.74) is -1.19. The topological polar surface area (TPSA) is 108 Å². The number of para-hydroxylation sites is 1. The summed E-state index contributed by atoms with van der Waals surface area (Å²) >= 11 is 0. The van der Waals surface area contributed by atoms with Crippen molar-refractivity contribution in [3.05, 3.63) is 50.2 Å². The average molecular weight is 287 g/mol. The highest BCUT2D eigenvalue weighted by Crippen LogP contribution is 2.28. The number of methoxy groups -OCH3 is 1. The number of rotatable bonds is 3. The summed E-state index contributed by atoms with van der Waals surface area (Å²) in [7, 11) is 1.38. The number of ether oxygens (including phenoxy) is 1. The largest absolute Gasteiger partial charge is 0.495 e. The smallest absolute Gasteiger partial charge is 0.335 e. The van der Waals surface area contributed by atoms with Gasteiger partial charge >= 0.3 is 5.69 Å². The van der Waals surface area contributed by atoms with Gasteiger partial charge in [0.15, 0.2) is 0 Å². The maximum Gasteiger partial charge on any atom is 0.335 e. The van der Waals surface area contributed by atoms with Crippen LogP contribution < -0.4 is 16.0 Å². The Morgan fingerprint density at radius 2 is 2.14 bits per heavy atom. The molecule has 2 rings (SSSR count). The summed E-state index contributed by atoms with van der Waals surface area (Å²) in [6.45, 7) is 1.67. The molecule has 0 aliphatic heterocycles. The van der Waals surface area contributed by atoms with Crippen LogP contribution in [-0.2, 0) is 6.42 Å². The van der Waals surface area contributed by atoms with Crippen molar-refractivity contribution in [2.75, 3.05) is 7.11 Å². The number of hydrogen-bond acceptors (Lipinski definition) is 5. The lowest BCUT2D eigenvalue weighted by atomic mass is 10.1. The van der Waals surface area contributed by atoms with Gasteiger partial charge < -0.3 is 9.84 Å². The first-order chi connectivity index (χ1) is 10.0. The first-order valence-electron chi connectivity index (χ1n) is 6.19. The zero-order chi connectivity index (χ0) is 15.6. The van der Waals surface area contributed by atoms with Crippen LogP contribution in [0, 0.1) is 11.3 Å². The first-order valence-corrected chi connectivity index (χ1v) is 6.19. The molecule has 0 saturated carbocycles. The van der Waals surface area contributed by atoms with Crippen LogP contribution >= 0.6 is 0 Å². The van der Waals surface area contributed by atoms with Crippen LogP contribution in [0.2, 0.25) is 0 Å². The van der Waals surface area contributed by atoms with Gasteiger partial charge in [-0.25, -0.2) is 9.36 Å². The summed E-state index contributed by atoms with van der Waals surface area (Å²) in [5, 5.41) is 19.4. The summed E-state index contributed by atoms with van der Waals surface area (Å²) in [6.07, 6.45) is 0.235. The van der Waals surface area contributed by atoms with E-state index < -0.39 is 17.1 Å². The van der Waals surface area contributed by atoms with Gasteiger partial charge in [-0.05, 0) is 18.6 Å². The van der Waals surface area contributed by atoms with Crippen molar-refractivity contribution < 1.29 is 9.84 Å². The molecular weight excluding hydrogens is 274 g/mol. The number of H-pyrrole nitrogens is 1. The van der Waals surface area contributed by atoms with Gasteiger partial charge in [0, 0.05) is 0 Å². The fourth-order valence-electron chi connectivity index (χ4n) is 2.10. The molecule has 108 valence electrons. The Morgan fingerprint density at radius 3 is 2.71 bits per heavy atom. The second-order valence-corrected chi connectivity index (χ2v) is 4.22. The molecule has 2 aromatic rings. The Labute approximate surface area is 119 Å². The molecule has 2 N–H and O–H groups in total. The third-order valence-electron chi connectivity index (χ3n) is 3.10. The lowest BCUT2D eigenvalue weighted by molar-refractivity contribution is 0.399. The molecule has 0 saturated heterocycles. The van der Waals surface area contributed by atoms with Gasteiger partial charge in [-0.1, -0.05) is 13.0 Å². The lowest BCUT2D eigenvalue weighted by Crippen LogP contribution is -2.31. The van der Waals surface area contributed by atoms with E-state index in [0.717, 1.165) is 4.57 Å². The molecule has 0 radical (unpaired) electrons. The van der Waals surface area contributed by atoms with Gasteiger partial charge in [0.2, 0.25) is 5.88 Å². The molecule has 1 aromatic carbocycles. The zero-order valence-electron chi connectivity index (χ0n) is 11.5. The van der Waals surface area contributed by atoms with Crippen LogP contribution in [0.5, 0.6) is 11.6 Å². The van der Waals surface area contributed by atoms with Crippen molar-refractivity contribution in [1.82, 2.24) is 9.55 Å². The monoisotopic (exact) mass is 287 g/mol. The minimum absolute atomic E-state index is 0.0596. The average Bonchev–Trinajstić information content (AvgIpc) is 2.47. The number of benzene rings is 1. The van der Waals surface area contributed by atoms with Crippen LogP contribution in [0.1, 0.15) is 18.1 Å². The van der Waals surface area contributed by atoms with E-state index in [1.165, 1.54) is 13.2 Å². The quantitative estimate of drug-likeness (QED) is 0.862. The van der Waals surface area contributed by atoms with E-state index >= 15 is 0 Å². The van der Waals surface area contributed by atoms with Gasteiger partial charge in [0.1, 0.15) is 17.5 Å². The van der Waals surface area contributed by atoms with Crippen molar-refractivity contribution in [3.63, 3.8) is 0 Å². The summed E-state index contributed by atoms with van der Waals surface area (Å²) in [5.74, 6) is -0.257. The Kier molecular flexibility index (Phi) is 3.80. The number of aromatic nitrogens is 2. The second kappa shape index (κ2) is 5.54. The van der Waals surface area contributed by atoms with Gasteiger partial charge in [-0.2, -0.15) is 5.26 Å². The molecule has 7 nitrogen and oxygen atoms in total. The molecule has 0 fully saturated rings. The predicted molar refractivity (Wildman–Crippen MR) is 75.0 cm³/mol. The van der Waals surface area contributed by atoms with Crippen molar-refractivity contribution in [2.45, 2.75) is 13.3 Å². The van der Waals surface area contributed by atoms with E-state index in [2.05, 4.69) is 4.98 Å². The maximum atomic E-state index is 12.0. The molecule has 0 atom stereocenters. The molecular formula is C14H13N3O4. The van der Waals surface area contributed by atoms with Crippen LogP contribution in [0.25, 0.3) is 5.69 Å².